The molecule has 2 aromatic carbocycles. The minimum atomic E-state index is -0.186. The lowest BCUT2D eigenvalue weighted by atomic mass is 9.85. The van der Waals surface area contributed by atoms with Gasteiger partial charge in [0.25, 0.3) is 11.5 Å². The van der Waals surface area contributed by atoms with Crippen molar-refractivity contribution in [2.24, 2.45) is 5.41 Å². The van der Waals surface area contributed by atoms with E-state index in [1.165, 1.54) is 4.57 Å². The van der Waals surface area contributed by atoms with Crippen molar-refractivity contribution in [3.63, 3.8) is 0 Å². The fraction of sp³-hybridized carbons (Fsp3) is 0.400. The highest BCUT2D eigenvalue weighted by atomic mass is 32.1. The summed E-state index contributed by atoms with van der Waals surface area (Å²) in [4.78, 5) is 29.1. The van der Waals surface area contributed by atoms with E-state index in [-0.39, 0.29) is 22.9 Å². The molecule has 1 atom stereocenters. The fourth-order valence-electron chi connectivity index (χ4n) is 3.76. The summed E-state index contributed by atoms with van der Waals surface area (Å²) in [6.45, 7) is 7.50. The molecule has 1 unspecified atom stereocenters. The van der Waals surface area contributed by atoms with Gasteiger partial charge in [-0.05, 0) is 54.2 Å². The summed E-state index contributed by atoms with van der Waals surface area (Å²) in [5.74, 6) is -0.186. The quantitative estimate of drug-likeness (QED) is 0.372. The number of H-pyrrole nitrogens is 1. The Labute approximate surface area is 193 Å². The Morgan fingerprint density at radius 1 is 1.19 bits per heavy atom. The third kappa shape index (κ3) is 5.93. The molecule has 0 spiro atoms. The lowest BCUT2D eigenvalue weighted by molar-refractivity contribution is 0.0926. The van der Waals surface area contributed by atoms with Crippen LogP contribution >= 0.6 is 12.2 Å². The SMILES string of the molecule is COCCCn1c(=S)[nH]c2cc(C(=O)NC(CC(C)(C)C)c3ccccc3)ccc2c1=O. The average molecular weight is 454 g/mol. The second kappa shape index (κ2) is 10.2. The maximum absolute atomic E-state index is 13.1. The highest BCUT2D eigenvalue weighted by Crippen LogP contribution is 2.29. The Kier molecular flexibility index (Phi) is 7.64. The third-order valence-electron chi connectivity index (χ3n) is 5.30. The van der Waals surface area contributed by atoms with Crippen LogP contribution < -0.4 is 10.9 Å². The first-order valence-electron chi connectivity index (χ1n) is 10.8. The third-order valence-corrected chi connectivity index (χ3v) is 5.62. The first-order valence-corrected chi connectivity index (χ1v) is 11.2. The van der Waals surface area contributed by atoms with Crippen molar-refractivity contribution in [3.8, 4) is 0 Å². The zero-order valence-corrected chi connectivity index (χ0v) is 19.9. The van der Waals surface area contributed by atoms with Gasteiger partial charge < -0.3 is 15.0 Å². The molecular weight excluding hydrogens is 422 g/mol. The molecule has 7 heteroatoms. The number of ether oxygens (including phenoxy) is 1. The number of benzene rings is 2. The Balaban J connectivity index is 1.89. The molecule has 1 aromatic heterocycles. The van der Waals surface area contributed by atoms with Crippen LogP contribution in [0.15, 0.2) is 53.3 Å². The molecule has 0 saturated carbocycles. The number of rotatable bonds is 8. The average Bonchev–Trinajstić information content (AvgIpc) is 2.75. The first-order chi connectivity index (χ1) is 15.2. The standard InChI is InChI=1S/C25H31N3O3S/c1-25(2,3)16-21(17-9-6-5-7-10-17)26-22(29)18-11-12-19-20(15-18)27-24(32)28(23(19)30)13-8-14-31-4/h5-7,9-12,15,21H,8,13-14,16H2,1-4H3,(H,26,29)(H,27,32). The van der Waals surface area contributed by atoms with Crippen LogP contribution in [0.5, 0.6) is 0 Å². The number of aromatic nitrogens is 2. The molecular formula is C25H31N3O3S. The van der Waals surface area contributed by atoms with E-state index in [0.29, 0.717) is 40.8 Å². The van der Waals surface area contributed by atoms with Gasteiger partial charge in [0.2, 0.25) is 0 Å². The maximum Gasteiger partial charge on any atom is 0.262 e. The molecule has 3 rings (SSSR count). The van der Waals surface area contributed by atoms with Gasteiger partial charge in [0.15, 0.2) is 4.77 Å². The number of amides is 1. The van der Waals surface area contributed by atoms with Crippen molar-refractivity contribution in [2.45, 2.75) is 46.2 Å². The van der Waals surface area contributed by atoms with Gasteiger partial charge in [-0.3, -0.25) is 14.2 Å². The number of nitrogens with zero attached hydrogens (tertiary/aromatic N) is 1. The van der Waals surface area contributed by atoms with Gasteiger partial charge in [0.1, 0.15) is 0 Å². The van der Waals surface area contributed by atoms with Crippen molar-refractivity contribution in [1.82, 2.24) is 14.9 Å². The van der Waals surface area contributed by atoms with E-state index < -0.39 is 0 Å². The summed E-state index contributed by atoms with van der Waals surface area (Å²) in [7, 11) is 1.63. The zero-order chi connectivity index (χ0) is 23.3. The number of nitrogens with one attached hydrogen (secondary N) is 2. The van der Waals surface area contributed by atoms with E-state index >= 15 is 0 Å². The Morgan fingerprint density at radius 2 is 1.91 bits per heavy atom. The number of hydrogen-bond donors (Lipinski definition) is 2. The minimum absolute atomic E-state index is 0.0378. The van der Waals surface area contributed by atoms with E-state index in [9.17, 15) is 9.59 Å². The summed E-state index contributed by atoms with van der Waals surface area (Å²) in [6.07, 6.45) is 1.49. The molecule has 0 saturated heterocycles. The highest BCUT2D eigenvalue weighted by molar-refractivity contribution is 7.71. The van der Waals surface area contributed by atoms with Crippen LogP contribution in [0.4, 0.5) is 0 Å². The second-order valence-electron chi connectivity index (χ2n) is 9.20. The molecule has 1 heterocycles. The molecule has 170 valence electrons. The molecule has 32 heavy (non-hydrogen) atoms. The number of aromatic amines is 1. The molecule has 3 aromatic rings. The minimum Gasteiger partial charge on any atom is -0.385 e. The van der Waals surface area contributed by atoms with Crippen LogP contribution in [0.2, 0.25) is 0 Å². The largest absolute Gasteiger partial charge is 0.385 e. The van der Waals surface area contributed by atoms with E-state index in [0.717, 1.165) is 12.0 Å². The Morgan fingerprint density at radius 3 is 2.56 bits per heavy atom. The van der Waals surface area contributed by atoms with Gasteiger partial charge in [0, 0.05) is 25.8 Å². The van der Waals surface area contributed by atoms with Crippen LogP contribution in [-0.2, 0) is 11.3 Å². The van der Waals surface area contributed by atoms with Crippen molar-refractivity contribution in [1.29, 1.82) is 0 Å². The number of methoxy groups -OCH3 is 1. The normalized spacial score (nSPS) is 12.6. The summed E-state index contributed by atoms with van der Waals surface area (Å²) < 4.78 is 6.93. The lowest BCUT2D eigenvalue weighted by Gasteiger charge is -2.27. The topological polar surface area (TPSA) is 76.1 Å². The summed E-state index contributed by atoms with van der Waals surface area (Å²) in [5.41, 5.74) is 1.98. The zero-order valence-electron chi connectivity index (χ0n) is 19.1. The molecule has 0 radical (unpaired) electrons. The van der Waals surface area contributed by atoms with Gasteiger partial charge in [-0.25, -0.2) is 0 Å². The van der Waals surface area contributed by atoms with Crippen LogP contribution in [0.25, 0.3) is 10.9 Å². The first kappa shape index (κ1) is 23.9. The predicted octanol–water partition coefficient (Wildman–Crippen LogP) is 5.00. The van der Waals surface area contributed by atoms with E-state index in [1.807, 2.05) is 30.3 Å². The number of fused-ring (bicyclic) bond motifs is 1. The summed E-state index contributed by atoms with van der Waals surface area (Å²) >= 11 is 5.39. The lowest BCUT2D eigenvalue weighted by Crippen LogP contribution is -2.31. The van der Waals surface area contributed by atoms with E-state index in [2.05, 4.69) is 31.1 Å². The Bertz CT molecular complexity index is 1190. The molecule has 6 nitrogen and oxygen atoms in total. The predicted molar refractivity (Wildman–Crippen MR) is 131 cm³/mol. The number of hydrogen-bond acceptors (Lipinski definition) is 4. The highest BCUT2D eigenvalue weighted by Gasteiger charge is 2.22. The molecule has 0 aliphatic heterocycles. The Hall–Kier alpha value is -2.77. The van der Waals surface area contributed by atoms with E-state index in [4.69, 9.17) is 17.0 Å². The van der Waals surface area contributed by atoms with Gasteiger partial charge in [-0.1, -0.05) is 51.1 Å². The van der Waals surface area contributed by atoms with Gasteiger partial charge in [-0.15, -0.1) is 0 Å². The van der Waals surface area contributed by atoms with Gasteiger partial charge >= 0.3 is 0 Å². The molecule has 2 N–H and O–H groups in total. The van der Waals surface area contributed by atoms with Crippen LogP contribution in [0.3, 0.4) is 0 Å². The number of carbonyl (C=O) groups excluding carboxylic acids is 1. The molecule has 0 aliphatic carbocycles. The van der Waals surface area contributed by atoms with Crippen LogP contribution in [-0.4, -0.2) is 29.2 Å². The maximum atomic E-state index is 13.1. The molecule has 0 aliphatic rings. The van der Waals surface area contributed by atoms with Crippen molar-refractivity contribution in [2.75, 3.05) is 13.7 Å². The van der Waals surface area contributed by atoms with Crippen molar-refractivity contribution >= 4 is 29.0 Å². The van der Waals surface area contributed by atoms with E-state index in [1.54, 1.807) is 25.3 Å². The van der Waals surface area contributed by atoms with Crippen LogP contribution in [0, 0.1) is 10.2 Å². The van der Waals surface area contributed by atoms with Crippen molar-refractivity contribution < 1.29 is 9.53 Å². The smallest absolute Gasteiger partial charge is 0.262 e. The van der Waals surface area contributed by atoms with Crippen LogP contribution in [0.1, 0.15) is 55.6 Å². The number of carbonyl (C=O) groups is 1. The summed E-state index contributed by atoms with van der Waals surface area (Å²) in [6, 6.07) is 14.9. The van der Waals surface area contributed by atoms with Gasteiger partial charge in [0.05, 0.1) is 16.9 Å². The fourth-order valence-corrected chi connectivity index (χ4v) is 4.04. The monoisotopic (exact) mass is 453 g/mol. The van der Waals surface area contributed by atoms with Gasteiger partial charge in [-0.2, -0.15) is 0 Å². The molecule has 0 fully saturated rings. The molecule has 1 amide bonds. The molecule has 0 bridgehead atoms. The van der Waals surface area contributed by atoms with Crippen molar-refractivity contribution in [3.05, 3.63) is 74.8 Å². The summed E-state index contributed by atoms with van der Waals surface area (Å²) in [5, 5.41) is 3.67. The second-order valence-corrected chi connectivity index (χ2v) is 9.58.